The summed E-state index contributed by atoms with van der Waals surface area (Å²) in [5.74, 6) is 0. The van der Waals surface area contributed by atoms with Crippen molar-refractivity contribution in [2.75, 3.05) is 30.4 Å². The third-order valence-electron chi connectivity index (χ3n) is 6.39. The van der Waals surface area contributed by atoms with Crippen molar-refractivity contribution in [3.05, 3.63) is 124 Å². The van der Waals surface area contributed by atoms with Gasteiger partial charge in [0.05, 0.1) is 4.90 Å². The largest absolute Gasteiger partial charge is 0.378 e. The molecule has 0 fully saturated rings. The predicted molar refractivity (Wildman–Crippen MR) is 153 cm³/mol. The highest BCUT2D eigenvalue weighted by atomic mass is 32.2. The van der Waals surface area contributed by atoms with Crippen LogP contribution in [-0.4, -0.2) is 33.6 Å². The predicted octanol–water partition coefficient (Wildman–Crippen LogP) is 4.68. The van der Waals surface area contributed by atoms with Gasteiger partial charge in [-0.1, -0.05) is 67.2 Å². The lowest BCUT2D eigenvalue weighted by Gasteiger charge is -2.24. The van der Waals surface area contributed by atoms with Crippen molar-refractivity contribution in [2.45, 2.75) is 18.4 Å². The van der Waals surface area contributed by atoms with Gasteiger partial charge in [0.2, 0.25) is 0 Å². The molecule has 4 rings (SSSR count). The molecule has 0 amide bonds. The van der Waals surface area contributed by atoms with Crippen molar-refractivity contribution >= 4 is 33.6 Å². The molecule has 5 nitrogen and oxygen atoms in total. The molecule has 6 heteroatoms. The van der Waals surface area contributed by atoms with Crippen LogP contribution in [0, 0.1) is 0 Å². The first-order valence-corrected chi connectivity index (χ1v) is 13.6. The maximum atomic E-state index is 11.5. The van der Waals surface area contributed by atoms with Crippen LogP contribution in [0.3, 0.4) is 0 Å². The van der Waals surface area contributed by atoms with Gasteiger partial charge in [0.25, 0.3) is 10.1 Å². The molecule has 0 bridgehead atoms. The van der Waals surface area contributed by atoms with Crippen LogP contribution in [0.15, 0.2) is 102 Å². The van der Waals surface area contributed by atoms with Gasteiger partial charge in [0.15, 0.2) is 0 Å². The Labute approximate surface area is 219 Å². The zero-order valence-electron chi connectivity index (χ0n) is 21.4. The quantitative estimate of drug-likeness (QED) is 0.347. The average Bonchev–Trinajstić information content (AvgIpc) is 2.89. The minimum absolute atomic E-state index is 0.0933. The summed E-state index contributed by atoms with van der Waals surface area (Å²) in [5, 5.41) is 2.09. The lowest BCUT2D eigenvalue weighted by atomic mass is 9.95. The maximum absolute atomic E-state index is 11.5. The van der Waals surface area contributed by atoms with Crippen LogP contribution in [0.2, 0.25) is 0 Å². The topological polar surface area (TPSA) is 60.9 Å². The second-order valence-corrected chi connectivity index (χ2v) is 10.6. The number of hydrogen-bond donors (Lipinski definition) is 1. The summed E-state index contributed by atoms with van der Waals surface area (Å²) < 4.78 is 32.5. The Morgan fingerprint density at radius 3 is 1.89 bits per heavy atom. The highest BCUT2D eigenvalue weighted by Gasteiger charge is 2.13. The van der Waals surface area contributed by atoms with Gasteiger partial charge in [-0.2, -0.15) is 8.42 Å². The third-order valence-corrected chi connectivity index (χ3v) is 7.24. The van der Waals surface area contributed by atoms with Crippen LogP contribution in [0.25, 0.3) is 12.2 Å². The van der Waals surface area contributed by atoms with E-state index in [0.29, 0.717) is 6.54 Å². The second kappa shape index (κ2) is 11.0. The molecule has 0 aliphatic rings. The molecule has 0 radical (unpaired) electrons. The number of benzene rings is 4. The van der Waals surface area contributed by atoms with Gasteiger partial charge in [-0.25, -0.2) is 0 Å². The Bertz CT molecular complexity index is 1570. The van der Waals surface area contributed by atoms with Gasteiger partial charge in [-0.05, 0) is 76.0 Å². The normalized spacial score (nSPS) is 11.2. The first kappa shape index (κ1) is 26.2. The minimum Gasteiger partial charge on any atom is -0.378 e. The summed E-state index contributed by atoms with van der Waals surface area (Å²) in [7, 11) is -0.175. The van der Waals surface area contributed by atoms with E-state index in [4.69, 9.17) is 0 Å². The van der Waals surface area contributed by atoms with Crippen molar-refractivity contribution in [3.8, 4) is 0 Å². The van der Waals surface area contributed by atoms with Crippen LogP contribution < -0.4 is 20.2 Å². The summed E-state index contributed by atoms with van der Waals surface area (Å²) in [5.41, 5.74) is 6.34. The molecule has 0 aliphatic carbocycles. The maximum Gasteiger partial charge on any atom is 0.294 e. The molecule has 0 aromatic heterocycles. The van der Waals surface area contributed by atoms with Crippen molar-refractivity contribution in [1.29, 1.82) is 0 Å². The molecule has 1 N–H and O–H groups in total. The van der Waals surface area contributed by atoms with Gasteiger partial charge in [0, 0.05) is 38.6 Å². The summed E-state index contributed by atoms with van der Waals surface area (Å²) >= 11 is 0. The fourth-order valence-electron chi connectivity index (χ4n) is 4.35. The number of hydrogen-bond acceptors (Lipinski definition) is 4. The highest BCUT2D eigenvalue weighted by molar-refractivity contribution is 7.85. The van der Waals surface area contributed by atoms with Crippen LogP contribution in [0.5, 0.6) is 0 Å². The van der Waals surface area contributed by atoms with Gasteiger partial charge in [-0.3, -0.25) is 4.55 Å². The summed E-state index contributed by atoms with van der Waals surface area (Å²) in [6, 6.07) is 31.7. The van der Waals surface area contributed by atoms with Gasteiger partial charge >= 0.3 is 0 Å². The molecule has 0 unspecified atom stereocenters. The smallest absolute Gasteiger partial charge is 0.294 e. The molecule has 4 aromatic carbocycles. The first-order valence-electron chi connectivity index (χ1n) is 12.1. The lowest BCUT2D eigenvalue weighted by Crippen LogP contribution is -2.22. The fourth-order valence-corrected chi connectivity index (χ4v) is 4.90. The van der Waals surface area contributed by atoms with Crippen molar-refractivity contribution < 1.29 is 13.0 Å². The number of rotatable bonds is 8. The minimum atomic E-state index is -4.24. The molecule has 190 valence electrons. The van der Waals surface area contributed by atoms with Crippen LogP contribution in [0.4, 0.5) is 11.4 Å². The van der Waals surface area contributed by atoms with E-state index in [9.17, 15) is 13.0 Å². The van der Waals surface area contributed by atoms with Crippen molar-refractivity contribution in [3.63, 3.8) is 0 Å². The average molecular weight is 513 g/mol. The van der Waals surface area contributed by atoms with Crippen molar-refractivity contribution in [1.82, 2.24) is 0 Å². The van der Waals surface area contributed by atoms with E-state index in [1.165, 1.54) is 12.1 Å². The van der Waals surface area contributed by atoms with Gasteiger partial charge in [0.1, 0.15) is 0 Å². The number of anilines is 2. The van der Waals surface area contributed by atoms with Crippen molar-refractivity contribution in [2.24, 2.45) is 0 Å². The standard InChI is InChI=1S/C31H32N2O3S/c1-5-33(22-24-7-6-8-30(21-24)37(34,35)36)29-19-15-27(16-20-29)31(25-11-9-23(2)10-12-25)26-13-17-28(18-14-26)32(3)4/h6-21H,2,5,22H2,1,3-4H3,(H,34,35,36). The molecule has 37 heavy (non-hydrogen) atoms. The fraction of sp³-hybridized carbons (Fsp3) is 0.161. The summed E-state index contributed by atoms with van der Waals surface area (Å²) in [4.78, 5) is 4.15. The van der Waals surface area contributed by atoms with Crippen LogP contribution in [0.1, 0.15) is 23.6 Å². The second-order valence-electron chi connectivity index (χ2n) is 9.20. The molecule has 0 saturated heterocycles. The highest BCUT2D eigenvalue weighted by Crippen LogP contribution is 2.26. The molecule has 0 aliphatic heterocycles. The SMILES string of the molecule is C=c1ccc(=C(c2ccc(N(C)C)cc2)c2ccc(N(CC)Cc3cccc(S(=O)(=O)O)c3)cc2)cc1. The summed E-state index contributed by atoms with van der Waals surface area (Å²) in [6.07, 6.45) is 0. The van der Waals surface area contributed by atoms with E-state index >= 15 is 0 Å². The third kappa shape index (κ3) is 6.28. The van der Waals surface area contributed by atoms with Gasteiger partial charge in [-0.15, -0.1) is 0 Å². The van der Waals surface area contributed by atoms with Crippen LogP contribution >= 0.6 is 0 Å². The molecule has 0 atom stereocenters. The van der Waals surface area contributed by atoms with E-state index < -0.39 is 10.1 Å². The molecular formula is C31H32N2O3S. The number of nitrogens with zero attached hydrogens (tertiary/aromatic N) is 2. The van der Waals surface area contributed by atoms with Crippen LogP contribution in [-0.2, 0) is 16.7 Å². The zero-order valence-corrected chi connectivity index (χ0v) is 22.2. The molecule has 0 heterocycles. The zero-order chi connectivity index (χ0) is 26.6. The summed E-state index contributed by atoms with van der Waals surface area (Å²) in [6.45, 7) is 7.34. The van der Waals surface area contributed by atoms with E-state index in [-0.39, 0.29) is 4.90 Å². The Kier molecular flexibility index (Phi) is 7.81. The first-order chi connectivity index (χ1) is 17.7. The molecular weight excluding hydrogens is 480 g/mol. The Hall–Kier alpha value is -3.87. The molecule has 0 spiro atoms. The molecule has 4 aromatic rings. The Balaban J connectivity index is 1.70. The molecule has 0 saturated carbocycles. The Morgan fingerprint density at radius 2 is 1.38 bits per heavy atom. The monoisotopic (exact) mass is 512 g/mol. The van der Waals surface area contributed by atoms with E-state index in [2.05, 4.69) is 84.0 Å². The van der Waals surface area contributed by atoms with E-state index in [1.54, 1.807) is 6.07 Å². The van der Waals surface area contributed by atoms with E-state index in [1.807, 2.05) is 32.3 Å². The lowest BCUT2D eigenvalue weighted by molar-refractivity contribution is 0.483. The van der Waals surface area contributed by atoms with E-state index in [0.717, 1.165) is 50.6 Å². The van der Waals surface area contributed by atoms with Gasteiger partial charge < -0.3 is 9.80 Å². The Morgan fingerprint density at radius 1 is 0.811 bits per heavy atom.